The Bertz CT molecular complexity index is 1410. The lowest BCUT2D eigenvalue weighted by atomic mass is 10.0. The average Bonchev–Trinajstić information content (AvgIpc) is 2.83. The van der Waals surface area contributed by atoms with Crippen LogP contribution in [0.15, 0.2) is 77.2 Å². The molecule has 7 nitrogen and oxygen atoms in total. The number of anilines is 1. The summed E-state index contributed by atoms with van der Waals surface area (Å²) in [6, 6.07) is 17.9. The number of hydrogen-bond acceptors (Lipinski definition) is 6. The van der Waals surface area contributed by atoms with Gasteiger partial charge in [-0.2, -0.15) is 0 Å². The van der Waals surface area contributed by atoms with Crippen LogP contribution in [0, 0.1) is 0 Å². The minimum Gasteiger partial charge on any atom is -0.493 e. The molecule has 1 aliphatic heterocycles. The summed E-state index contributed by atoms with van der Waals surface area (Å²) in [6.45, 7) is -0.282. The summed E-state index contributed by atoms with van der Waals surface area (Å²) in [5.41, 5.74) is 1.35. The number of methoxy groups -OCH3 is 1. The van der Waals surface area contributed by atoms with Crippen LogP contribution in [-0.2, 0) is 14.6 Å². The minimum absolute atomic E-state index is 0.0496. The lowest BCUT2D eigenvalue weighted by molar-refractivity contribution is -0.118. The first-order chi connectivity index (χ1) is 16.3. The molecule has 0 atom stereocenters. The first-order valence-electron chi connectivity index (χ1n) is 10.2. The normalized spacial score (nSPS) is 15.5. The van der Waals surface area contributed by atoms with E-state index in [1.165, 1.54) is 25.3 Å². The van der Waals surface area contributed by atoms with E-state index >= 15 is 0 Å². The molecule has 4 rings (SSSR count). The van der Waals surface area contributed by atoms with Crippen molar-refractivity contribution in [2.24, 2.45) is 0 Å². The zero-order chi connectivity index (χ0) is 24.3. The van der Waals surface area contributed by atoms with Crippen molar-refractivity contribution in [3.8, 4) is 11.5 Å². The number of ketones is 1. The van der Waals surface area contributed by atoms with Gasteiger partial charge in [-0.05, 0) is 48.0 Å². The van der Waals surface area contributed by atoms with Crippen LogP contribution in [0.3, 0.4) is 0 Å². The lowest BCUT2D eigenvalue weighted by Crippen LogP contribution is -2.24. The number of sulfone groups is 1. The van der Waals surface area contributed by atoms with E-state index in [1.807, 2.05) is 0 Å². The third kappa shape index (κ3) is 4.98. The first kappa shape index (κ1) is 23.5. The molecular weight excluding hydrogens is 478 g/mol. The van der Waals surface area contributed by atoms with Crippen molar-refractivity contribution < 1.29 is 27.5 Å². The molecule has 9 heteroatoms. The lowest BCUT2D eigenvalue weighted by Gasteiger charge is -2.18. The van der Waals surface area contributed by atoms with E-state index in [1.54, 1.807) is 54.6 Å². The van der Waals surface area contributed by atoms with Gasteiger partial charge in [0, 0.05) is 11.1 Å². The maximum Gasteiger partial charge on any atom is 0.262 e. The number of amides is 1. The van der Waals surface area contributed by atoms with Crippen LogP contribution >= 0.6 is 11.6 Å². The highest BCUT2D eigenvalue weighted by Gasteiger charge is 2.32. The fraction of sp³-hybridized carbons (Fsp3) is 0.120. The molecule has 0 spiro atoms. The Balaban J connectivity index is 1.51. The number of carbonyl (C=O) groups excluding carboxylic acids is 2. The Morgan fingerprint density at radius 3 is 2.56 bits per heavy atom. The number of halogens is 1. The molecule has 1 aliphatic rings. The molecule has 3 aromatic carbocycles. The summed E-state index contributed by atoms with van der Waals surface area (Å²) < 4.78 is 36.2. The molecule has 1 N–H and O–H groups in total. The van der Waals surface area contributed by atoms with Crippen LogP contribution < -0.4 is 14.8 Å². The minimum atomic E-state index is -3.61. The topological polar surface area (TPSA) is 98.8 Å². The molecule has 0 aliphatic carbocycles. The second kappa shape index (κ2) is 9.70. The van der Waals surface area contributed by atoms with Crippen molar-refractivity contribution in [1.82, 2.24) is 0 Å². The Labute approximate surface area is 201 Å². The summed E-state index contributed by atoms with van der Waals surface area (Å²) in [5.74, 6) is -0.483. The summed E-state index contributed by atoms with van der Waals surface area (Å²) in [4.78, 5) is 25.1. The number of nitrogens with one attached hydrogen (secondary N) is 1. The SMILES string of the molecule is COc1cc(/C=C2/CS(=O)(=O)c3ccccc3C2=O)ccc1OCC(=O)Nc1ccccc1Cl. The van der Waals surface area contributed by atoms with Crippen LogP contribution in [0.25, 0.3) is 6.08 Å². The van der Waals surface area contributed by atoms with E-state index in [2.05, 4.69) is 5.32 Å². The third-order valence-corrected chi connectivity index (χ3v) is 7.19. The molecule has 0 bridgehead atoms. The highest BCUT2D eigenvalue weighted by atomic mass is 35.5. The van der Waals surface area contributed by atoms with Crippen molar-refractivity contribution >= 4 is 44.9 Å². The summed E-state index contributed by atoms with van der Waals surface area (Å²) in [7, 11) is -2.17. The number of rotatable bonds is 6. The number of para-hydroxylation sites is 1. The second-order valence-corrected chi connectivity index (χ2v) is 9.85. The average molecular weight is 498 g/mol. The molecule has 0 radical (unpaired) electrons. The van der Waals surface area contributed by atoms with Crippen molar-refractivity contribution in [2.45, 2.75) is 4.90 Å². The Hall–Kier alpha value is -3.62. The third-order valence-electron chi connectivity index (χ3n) is 5.14. The van der Waals surface area contributed by atoms with Gasteiger partial charge in [-0.15, -0.1) is 0 Å². The van der Waals surface area contributed by atoms with E-state index < -0.39 is 15.7 Å². The predicted octanol–water partition coefficient (Wildman–Crippen LogP) is 4.42. The standard InChI is InChI=1S/C25H20ClNO6S/c1-32-22-13-16(12-17-15-34(30,31)23-9-5-2-6-18(23)25(17)29)10-11-21(22)33-14-24(28)27-20-8-4-3-7-19(20)26/h2-13H,14-15H2,1H3,(H,27,28)/b17-12-. The highest BCUT2D eigenvalue weighted by molar-refractivity contribution is 7.91. The maximum absolute atomic E-state index is 12.8. The van der Waals surface area contributed by atoms with Crippen molar-refractivity contribution in [1.29, 1.82) is 0 Å². The number of hydrogen-bond donors (Lipinski definition) is 1. The highest BCUT2D eigenvalue weighted by Crippen LogP contribution is 2.32. The van der Waals surface area contributed by atoms with Gasteiger partial charge in [0.25, 0.3) is 5.91 Å². The summed E-state index contributed by atoms with van der Waals surface area (Å²) in [5, 5.41) is 3.07. The van der Waals surface area contributed by atoms with Gasteiger partial charge in [0.15, 0.2) is 33.7 Å². The zero-order valence-electron chi connectivity index (χ0n) is 18.1. The fourth-order valence-electron chi connectivity index (χ4n) is 3.54. The molecule has 0 fully saturated rings. The molecule has 1 heterocycles. The van der Waals surface area contributed by atoms with Crippen LogP contribution in [0.1, 0.15) is 15.9 Å². The zero-order valence-corrected chi connectivity index (χ0v) is 19.7. The van der Waals surface area contributed by atoms with Gasteiger partial charge in [0.2, 0.25) is 0 Å². The van der Waals surface area contributed by atoms with Crippen molar-refractivity contribution in [3.63, 3.8) is 0 Å². The van der Waals surface area contributed by atoms with E-state index in [9.17, 15) is 18.0 Å². The quantitative estimate of drug-likeness (QED) is 0.506. The van der Waals surface area contributed by atoms with E-state index in [0.29, 0.717) is 27.8 Å². The molecule has 0 saturated heterocycles. The van der Waals surface area contributed by atoms with Crippen molar-refractivity contribution in [3.05, 3.63) is 88.5 Å². The fourth-order valence-corrected chi connectivity index (χ4v) is 5.28. The van der Waals surface area contributed by atoms with Crippen LogP contribution in [0.2, 0.25) is 5.02 Å². The molecule has 0 aromatic heterocycles. The van der Waals surface area contributed by atoms with E-state index in [4.69, 9.17) is 21.1 Å². The van der Waals surface area contributed by atoms with E-state index in [-0.39, 0.29) is 34.2 Å². The largest absolute Gasteiger partial charge is 0.493 e. The van der Waals surface area contributed by atoms with Gasteiger partial charge < -0.3 is 14.8 Å². The molecule has 1 amide bonds. The van der Waals surface area contributed by atoms with Gasteiger partial charge in [0.05, 0.1) is 28.5 Å². The number of benzene rings is 3. The molecule has 0 saturated carbocycles. The molecule has 0 unspecified atom stereocenters. The van der Waals surface area contributed by atoms with Gasteiger partial charge in [0.1, 0.15) is 0 Å². The predicted molar refractivity (Wildman–Crippen MR) is 129 cm³/mol. The smallest absolute Gasteiger partial charge is 0.262 e. The number of carbonyl (C=O) groups is 2. The molecule has 3 aromatic rings. The second-order valence-electron chi connectivity index (χ2n) is 7.48. The molecular formula is C25H20ClNO6S. The van der Waals surface area contributed by atoms with Gasteiger partial charge in [-0.3, -0.25) is 9.59 Å². The van der Waals surface area contributed by atoms with Gasteiger partial charge >= 0.3 is 0 Å². The van der Waals surface area contributed by atoms with Crippen LogP contribution in [-0.4, -0.2) is 39.6 Å². The summed E-state index contributed by atoms with van der Waals surface area (Å²) in [6.07, 6.45) is 1.52. The Kier molecular flexibility index (Phi) is 6.72. The van der Waals surface area contributed by atoms with Crippen LogP contribution in [0.4, 0.5) is 5.69 Å². The van der Waals surface area contributed by atoms with Gasteiger partial charge in [-0.1, -0.05) is 41.9 Å². The molecule has 34 heavy (non-hydrogen) atoms. The monoisotopic (exact) mass is 497 g/mol. The first-order valence-corrected chi connectivity index (χ1v) is 12.2. The molecule has 174 valence electrons. The number of fused-ring (bicyclic) bond motifs is 1. The number of Topliss-reactive ketones (excluding diaryl/α,β-unsaturated/α-hetero) is 1. The van der Waals surface area contributed by atoms with E-state index in [0.717, 1.165) is 0 Å². The van der Waals surface area contributed by atoms with Gasteiger partial charge in [-0.25, -0.2) is 8.42 Å². The van der Waals surface area contributed by atoms with Crippen LogP contribution in [0.5, 0.6) is 11.5 Å². The van der Waals surface area contributed by atoms with Crippen molar-refractivity contribution in [2.75, 3.05) is 24.8 Å². The number of ether oxygens (including phenoxy) is 2. The summed E-state index contributed by atoms with van der Waals surface area (Å²) >= 11 is 6.04. The maximum atomic E-state index is 12.8. The Morgan fingerprint density at radius 2 is 1.79 bits per heavy atom. The Morgan fingerprint density at radius 1 is 1.06 bits per heavy atom.